The standard InChI is InChI=1S/C26H18BrCl2N3O3/c1-2-34-23-12-16(10-19(14-31)26(33)32-22-9-5-8-21(28)24(22)29)11-20(27)25(23)35-15-18-7-4-3-6-17(18)13-30/h3-12H,2,15H2,1H3,(H,32,33)/b19-10-. The molecule has 9 heteroatoms. The number of ether oxygens (including phenoxy) is 2. The van der Waals surface area contributed by atoms with Gasteiger partial charge in [0.15, 0.2) is 11.5 Å². The fourth-order valence-corrected chi connectivity index (χ4v) is 4.01. The van der Waals surface area contributed by atoms with Crippen molar-refractivity contribution in [2.45, 2.75) is 13.5 Å². The van der Waals surface area contributed by atoms with Crippen molar-refractivity contribution in [3.8, 4) is 23.6 Å². The van der Waals surface area contributed by atoms with Crippen LogP contribution in [0.25, 0.3) is 6.08 Å². The van der Waals surface area contributed by atoms with Gasteiger partial charge in [0.25, 0.3) is 5.91 Å². The smallest absolute Gasteiger partial charge is 0.266 e. The number of carbonyl (C=O) groups is 1. The number of amides is 1. The summed E-state index contributed by atoms with van der Waals surface area (Å²) in [5.41, 5.74) is 1.94. The van der Waals surface area contributed by atoms with Gasteiger partial charge in [0, 0.05) is 5.56 Å². The average Bonchev–Trinajstić information content (AvgIpc) is 2.85. The Bertz CT molecular complexity index is 1380. The normalized spacial score (nSPS) is 10.7. The summed E-state index contributed by atoms with van der Waals surface area (Å²) in [4.78, 5) is 12.7. The van der Waals surface area contributed by atoms with Crippen LogP contribution < -0.4 is 14.8 Å². The van der Waals surface area contributed by atoms with Gasteiger partial charge in [-0.2, -0.15) is 10.5 Å². The first-order valence-corrected chi connectivity index (χ1v) is 11.9. The zero-order chi connectivity index (χ0) is 25.4. The molecular formula is C26H18BrCl2N3O3. The molecule has 0 saturated heterocycles. The SMILES string of the molecule is CCOc1cc(/C=C(/C#N)C(=O)Nc2cccc(Cl)c2Cl)cc(Br)c1OCc1ccccc1C#N. The number of rotatable bonds is 8. The van der Waals surface area contributed by atoms with E-state index in [1.165, 1.54) is 6.08 Å². The van der Waals surface area contributed by atoms with E-state index in [1.807, 2.05) is 25.1 Å². The number of anilines is 1. The zero-order valence-corrected chi connectivity index (χ0v) is 21.5. The van der Waals surface area contributed by atoms with Gasteiger partial charge in [-0.05, 0) is 64.8 Å². The second kappa shape index (κ2) is 12.3. The summed E-state index contributed by atoms with van der Waals surface area (Å²) >= 11 is 15.6. The molecule has 0 radical (unpaired) electrons. The summed E-state index contributed by atoms with van der Waals surface area (Å²) in [6.45, 7) is 2.35. The van der Waals surface area contributed by atoms with E-state index in [0.29, 0.717) is 39.4 Å². The highest BCUT2D eigenvalue weighted by Gasteiger charge is 2.16. The first-order chi connectivity index (χ1) is 16.9. The number of hydrogen-bond acceptors (Lipinski definition) is 5. The van der Waals surface area contributed by atoms with Crippen LogP contribution in [0.3, 0.4) is 0 Å². The molecule has 1 amide bonds. The molecule has 0 aliphatic rings. The van der Waals surface area contributed by atoms with E-state index >= 15 is 0 Å². The summed E-state index contributed by atoms with van der Waals surface area (Å²) in [5, 5.41) is 21.9. The first kappa shape index (κ1) is 26.1. The Kier molecular flexibility index (Phi) is 9.17. The van der Waals surface area contributed by atoms with Gasteiger partial charge in [-0.1, -0.05) is 47.5 Å². The third-order valence-corrected chi connectivity index (χ3v) is 6.13. The number of carbonyl (C=O) groups excluding carboxylic acids is 1. The molecule has 1 N–H and O–H groups in total. The molecule has 0 aliphatic carbocycles. The van der Waals surface area contributed by atoms with Gasteiger partial charge in [0.2, 0.25) is 0 Å². The van der Waals surface area contributed by atoms with E-state index < -0.39 is 5.91 Å². The molecule has 0 bridgehead atoms. The minimum absolute atomic E-state index is 0.146. The monoisotopic (exact) mass is 569 g/mol. The van der Waals surface area contributed by atoms with Crippen LogP contribution in [0.2, 0.25) is 10.0 Å². The minimum atomic E-state index is -0.640. The quantitative estimate of drug-likeness (QED) is 0.229. The molecule has 0 spiro atoms. The number of benzene rings is 3. The molecular weight excluding hydrogens is 553 g/mol. The van der Waals surface area contributed by atoms with Crippen molar-refractivity contribution in [3.63, 3.8) is 0 Å². The number of nitrogens with zero attached hydrogens (tertiary/aromatic N) is 2. The summed E-state index contributed by atoms with van der Waals surface area (Å²) in [6.07, 6.45) is 1.43. The maximum atomic E-state index is 12.7. The zero-order valence-electron chi connectivity index (χ0n) is 18.4. The highest BCUT2D eigenvalue weighted by molar-refractivity contribution is 9.10. The molecule has 3 aromatic rings. The van der Waals surface area contributed by atoms with Crippen molar-refractivity contribution in [3.05, 3.63) is 91.4 Å². The second-order valence-electron chi connectivity index (χ2n) is 7.05. The Balaban J connectivity index is 1.88. The predicted octanol–water partition coefficient (Wildman–Crippen LogP) is 7.15. The van der Waals surface area contributed by atoms with Crippen LogP contribution in [0, 0.1) is 22.7 Å². The molecule has 176 valence electrons. The van der Waals surface area contributed by atoms with E-state index in [2.05, 4.69) is 27.3 Å². The molecule has 35 heavy (non-hydrogen) atoms. The molecule has 0 aromatic heterocycles. The van der Waals surface area contributed by atoms with Crippen molar-refractivity contribution in [1.82, 2.24) is 0 Å². The van der Waals surface area contributed by atoms with E-state index in [1.54, 1.807) is 42.5 Å². The Morgan fingerprint density at radius 2 is 1.89 bits per heavy atom. The molecule has 0 fully saturated rings. The van der Waals surface area contributed by atoms with Crippen LogP contribution in [0.15, 0.2) is 64.6 Å². The van der Waals surface area contributed by atoms with E-state index in [4.69, 9.17) is 32.7 Å². The van der Waals surface area contributed by atoms with Crippen LogP contribution in [-0.4, -0.2) is 12.5 Å². The average molecular weight is 571 g/mol. The van der Waals surface area contributed by atoms with Crippen molar-refractivity contribution in [1.29, 1.82) is 10.5 Å². The molecule has 0 heterocycles. The molecule has 0 aliphatic heterocycles. The van der Waals surface area contributed by atoms with Crippen LogP contribution in [0.5, 0.6) is 11.5 Å². The summed E-state index contributed by atoms with van der Waals surface area (Å²) in [7, 11) is 0. The molecule has 6 nitrogen and oxygen atoms in total. The van der Waals surface area contributed by atoms with Gasteiger partial charge >= 0.3 is 0 Å². The third kappa shape index (κ3) is 6.55. The van der Waals surface area contributed by atoms with Crippen LogP contribution >= 0.6 is 39.1 Å². The fourth-order valence-electron chi connectivity index (χ4n) is 3.08. The van der Waals surface area contributed by atoms with Crippen molar-refractivity contribution in [2.75, 3.05) is 11.9 Å². The number of hydrogen-bond donors (Lipinski definition) is 1. The van der Waals surface area contributed by atoms with Crippen LogP contribution in [0.1, 0.15) is 23.6 Å². The number of nitriles is 2. The molecule has 0 unspecified atom stereocenters. The molecule has 3 aromatic carbocycles. The predicted molar refractivity (Wildman–Crippen MR) is 139 cm³/mol. The lowest BCUT2D eigenvalue weighted by molar-refractivity contribution is -0.112. The maximum absolute atomic E-state index is 12.7. The number of halogens is 3. The Morgan fingerprint density at radius 3 is 2.60 bits per heavy atom. The summed E-state index contributed by atoms with van der Waals surface area (Å²) in [6, 6.07) is 19.4. The van der Waals surface area contributed by atoms with E-state index in [0.717, 1.165) is 5.56 Å². The van der Waals surface area contributed by atoms with Gasteiger partial charge in [-0.15, -0.1) is 0 Å². The Labute approximate surface area is 221 Å². The lowest BCUT2D eigenvalue weighted by Gasteiger charge is -2.15. The fraction of sp³-hybridized carbons (Fsp3) is 0.115. The lowest BCUT2D eigenvalue weighted by Crippen LogP contribution is -2.13. The van der Waals surface area contributed by atoms with Gasteiger partial charge in [-0.3, -0.25) is 4.79 Å². The van der Waals surface area contributed by atoms with Gasteiger partial charge in [0.05, 0.1) is 38.4 Å². The van der Waals surface area contributed by atoms with Crippen molar-refractivity contribution < 1.29 is 14.3 Å². The minimum Gasteiger partial charge on any atom is -0.490 e. The van der Waals surface area contributed by atoms with E-state index in [-0.39, 0.29) is 22.2 Å². The molecule has 0 saturated carbocycles. The van der Waals surface area contributed by atoms with Crippen LogP contribution in [0.4, 0.5) is 5.69 Å². The Morgan fingerprint density at radius 1 is 1.11 bits per heavy atom. The molecule has 3 rings (SSSR count). The van der Waals surface area contributed by atoms with Crippen molar-refractivity contribution in [2.24, 2.45) is 0 Å². The summed E-state index contributed by atoms with van der Waals surface area (Å²) in [5.74, 6) is 0.211. The van der Waals surface area contributed by atoms with Gasteiger partial charge in [0.1, 0.15) is 18.2 Å². The topological polar surface area (TPSA) is 95.1 Å². The lowest BCUT2D eigenvalue weighted by atomic mass is 10.1. The van der Waals surface area contributed by atoms with Crippen molar-refractivity contribution >= 4 is 56.8 Å². The van der Waals surface area contributed by atoms with Gasteiger partial charge in [-0.25, -0.2) is 0 Å². The third-order valence-electron chi connectivity index (χ3n) is 4.72. The first-order valence-electron chi connectivity index (χ1n) is 10.3. The highest BCUT2D eigenvalue weighted by Crippen LogP contribution is 2.38. The highest BCUT2D eigenvalue weighted by atomic mass is 79.9. The molecule has 0 atom stereocenters. The largest absolute Gasteiger partial charge is 0.490 e. The van der Waals surface area contributed by atoms with E-state index in [9.17, 15) is 15.3 Å². The second-order valence-corrected chi connectivity index (χ2v) is 8.69. The Hall–Kier alpha value is -3.49. The maximum Gasteiger partial charge on any atom is 0.266 e. The van der Waals surface area contributed by atoms with Gasteiger partial charge < -0.3 is 14.8 Å². The number of nitrogens with one attached hydrogen (secondary N) is 1. The summed E-state index contributed by atoms with van der Waals surface area (Å²) < 4.78 is 12.3. The van der Waals surface area contributed by atoms with Crippen LogP contribution in [-0.2, 0) is 11.4 Å².